The fourth-order valence-corrected chi connectivity index (χ4v) is 5.93. The molecule has 1 N–H and O–H groups in total. The number of hydrazine groups is 1. The van der Waals surface area contributed by atoms with E-state index < -0.39 is 10.0 Å². The lowest BCUT2D eigenvalue weighted by atomic mass is 10.0. The lowest BCUT2D eigenvalue weighted by Crippen LogP contribution is -2.38. The van der Waals surface area contributed by atoms with Crippen molar-refractivity contribution in [3.05, 3.63) is 81.4 Å². The molecule has 10 nitrogen and oxygen atoms in total. The van der Waals surface area contributed by atoms with E-state index in [1.54, 1.807) is 48.1 Å². The third-order valence-electron chi connectivity index (χ3n) is 5.24. The second kappa shape index (κ2) is 10.1. The zero-order chi connectivity index (χ0) is 26.0. The van der Waals surface area contributed by atoms with Crippen LogP contribution in [0.15, 0.2) is 81.0 Å². The van der Waals surface area contributed by atoms with E-state index in [4.69, 9.17) is 11.6 Å². The van der Waals surface area contributed by atoms with Crippen LogP contribution in [0.4, 0.5) is 11.5 Å². The molecule has 2 heterocycles. The molecule has 0 spiro atoms. The number of aromatic nitrogens is 1. The van der Waals surface area contributed by atoms with Crippen molar-refractivity contribution in [2.75, 3.05) is 17.1 Å². The van der Waals surface area contributed by atoms with Crippen LogP contribution in [-0.4, -0.2) is 32.0 Å². The van der Waals surface area contributed by atoms with Gasteiger partial charge in [-0.25, -0.2) is 13.2 Å². The Hall–Kier alpha value is -3.80. The first-order valence-electron chi connectivity index (χ1n) is 10.3. The summed E-state index contributed by atoms with van der Waals surface area (Å²) in [4.78, 5) is 39.5. The standard InChI is InChI=1S/C23H18ClN5O5S2/c1-15(31)27(2)23-22-16(4-3-5-19(22)32)12-13-28(23)17-6-8-18(9-7-17)29(25-14-30)26-36(33,34)21-11-10-20(24)35-21/h3-13,26H,1-2H3. The Morgan fingerprint density at radius 1 is 1.11 bits per heavy atom. The number of hydrazone groups is 1. The maximum atomic E-state index is 12.7. The number of hydrogen-bond donors (Lipinski definition) is 1. The number of carbonyl (C=O) groups excluding carboxylic acids is 2. The summed E-state index contributed by atoms with van der Waals surface area (Å²) in [7, 11) is -2.50. The predicted molar refractivity (Wildman–Crippen MR) is 138 cm³/mol. The summed E-state index contributed by atoms with van der Waals surface area (Å²) in [6.45, 7) is 1.39. The molecule has 4 rings (SSSR count). The minimum Gasteiger partial charge on any atom is -0.303 e. The van der Waals surface area contributed by atoms with Gasteiger partial charge in [0, 0.05) is 25.9 Å². The maximum Gasteiger partial charge on any atom is 0.268 e. The van der Waals surface area contributed by atoms with Gasteiger partial charge in [0.15, 0.2) is 5.43 Å². The number of thiophene rings is 1. The van der Waals surface area contributed by atoms with Crippen LogP contribution in [0.25, 0.3) is 16.8 Å². The van der Waals surface area contributed by atoms with Crippen LogP contribution >= 0.6 is 22.9 Å². The van der Waals surface area contributed by atoms with Gasteiger partial charge in [-0.2, -0.15) is 5.12 Å². The van der Waals surface area contributed by atoms with E-state index >= 15 is 0 Å². The largest absolute Gasteiger partial charge is 0.303 e. The summed E-state index contributed by atoms with van der Waals surface area (Å²) < 4.78 is 27.2. The molecule has 184 valence electrons. The van der Waals surface area contributed by atoms with Crippen LogP contribution in [0.5, 0.6) is 0 Å². The van der Waals surface area contributed by atoms with E-state index in [0.29, 0.717) is 22.6 Å². The van der Waals surface area contributed by atoms with E-state index in [0.717, 1.165) is 16.5 Å². The van der Waals surface area contributed by atoms with Gasteiger partial charge < -0.3 is 9.47 Å². The number of carbonyl (C=O) groups is 1. The number of isocyanates is 1. The minimum atomic E-state index is -4.07. The van der Waals surface area contributed by atoms with Crippen molar-refractivity contribution in [1.29, 1.82) is 0 Å². The van der Waals surface area contributed by atoms with Crippen molar-refractivity contribution >= 4 is 56.5 Å². The molecular formula is C23H18ClN5O5S2. The fraction of sp³-hybridized carbons (Fsp3) is 0.0870. The molecule has 1 aliphatic carbocycles. The van der Waals surface area contributed by atoms with Crippen LogP contribution in [0, 0.1) is 0 Å². The van der Waals surface area contributed by atoms with E-state index in [2.05, 4.69) is 9.93 Å². The number of hydrogen-bond acceptors (Lipinski definition) is 8. The molecule has 0 radical (unpaired) electrons. The number of benzene rings is 2. The third-order valence-corrected chi connectivity index (χ3v) is 8.25. The predicted octanol–water partition coefficient (Wildman–Crippen LogP) is 3.59. The molecule has 0 atom stereocenters. The van der Waals surface area contributed by atoms with Gasteiger partial charge in [0.05, 0.1) is 15.6 Å². The summed E-state index contributed by atoms with van der Waals surface area (Å²) in [5.74, 6) is 0.0992. The number of halogens is 1. The molecule has 13 heteroatoms. The average Bonchev–Trinajstić information content (AvgIpc) is 3.30. The number of nitrogens with zero attached hydrogens (tertiary/aromatic N) is 4. The Morgan fingerprint density at radius 3 is 2.44 bits per heavy atom. The quantitative estimate of drug-likeness (QED) is 0.216. The van der Waals surface area contributed by atoms with Gasteiger partial charge in [-0.15, -0.1) is 16.2 Å². The molecule has 0 saturated heterocycles. The summed E-state index contributed by atoms with van der Waals surface area (Å²) >= 11 is 6.68. The van der Waals surface area contributed by atoms with Crippen LogP contribution in [0.1, 0.15) is 6.92 Å². The highest BCUT2D eigenvalue weighted by molar-refractivity contribution is 7.91. The zero-order valence-electron chi connectivity index (χ0n) is 18.9. The molecule has 1 aliphatic heterocycles. The van der Waals surface area contributed by atoms with Crippen LogP contribution in [0.2, 0.25) is 4.34 Å². The van der Waals surface area contributed by atoms with Crippen molar-refractivity contribution in [1.82, 2.24) is 9.40 Å². The molecule has 1 aromatic carbocycles. The second-order valence-corrected chi connectivity index (χ2v) is 11.1. The first-order valence-corrected chi connectivity index (χ1v) is 12.9. The molecular weight excluding hydrogens is 526 g/mol. The Bertz CT molecular complexity index is 1630. The van der Waals surface area contributed by atoms with Gasteiger partial charge >= 0.3 is 0 Å². The lowest BCUT2D eigenvalue weighted by Gasteiger charge is -2.25. The number of sulfonamides is 1. The topological polar surface area (TPSA) is 121 Å². The molecule has 1 aromatic heterocycles. The monoisotopic (exact) mass is 543 g/mol. The zero-order valence-corrected chi connectivity index (χ0v) is 21.3. The second-order valence-electron chi connectivity index (χ2n) is 7.48. The number of amides is 1. The van der Waals surface area contributed by atoms with Gasteiger partial charge in [-0.05, 0) is 54.1 Å². The highest BCUT2D eigenvalue weighted by atomic mass is 35.5. The molecule has 2 aliphatic rings. The minimum absolute atomic E-state index is 0.0627. The number of rotatable bonds is 7. The van der Waals surface area contributed by atoms with E-state index in [1.165, 1.54) is 48.2 Å². The van der Waals surface area contributed by atoms with E-state index in [9.17, 15) is 22.8 Å². The normalized spacial score (nSPS) is 11.2. The summed E-state index contributed by atoms with van der Waals surface area (Å²) in [6.07, 6.45) is 3.04. The van der Waals surface area contributed by atoms with Crippen molar-refractivity contribution in [2.24, 2.45) is 5.10 Å². The average molecular weight is 544 g/mol. The number of pyridine rings is 1. The number of nitrogens with one attached hydrogen (secondary N) is 1. The summed E-state index contributed by atoms with van der Waals surface area (Å²) in [5.41, 5.74) is 1.58. The Kier molecular flexibility index (Phi) is 7.07. The fourth-order valence-electron chi connectivity index (χ4n) is 3.49. The molecule has 0 unspecified atom stereocenters. The number of fused-ring (bicyclic) bond motifs is 1. The van der Waals surface area contributed by atoms with Gasteiger partial charge in [0.1, 0.15) is 10.0 Å². The molecule has 0 fully saturated rings. The lowest BCUT2D eigenvalue weighted by molar-refractivity contribution is -0.116. The summed E-state index contributed by atoms with van der Waals surface area (Å²) in [5, 5.41) is 4.21. The van der Waals surface area contributed by atoms with Crippen LogP contribution < -0.4 is 20.3 Å². The van der Waals surface area contributed by atoms with Crippen LogP contribution in [-0.2, 0) is 19.6 Å². The molecule has 1 amide bonds. The Labute approximate surface area is 215 Å². The van der Waals surface area contributed by atoms with Crippen molar-refractivity contribution in [2.45, 2.75) is 11.1 Å². The first-order chi connectivity index (χ1) is 17.1. The van der Waals surface area contributed by atoms with Gasteiger partial charge in [-0.1, -0.05) is 28.8 Å². The molecule has 0 bridgehead atoms. The van der Waals surface area contributed by atoms with Gasteiger partial charge in [-0.3, -0.25) is 9.59 Å². The maximum absolute atomic E-state index is 12.7. The molecule has 0 saturated carbocycles. The van der Waals surface area contributed by atoms with Crippen LogP contribution in [0.3, 0.4) is 0 Å². The molecule has 2 aromatic rings. The van der Waals surface area contributed by atoms with E-state index in [-0.39, 0.29) is 25.6 Å². The summed E-state index contributed by atoms with van der Waals surface area (Å²) in [6, 6.07) is 15.6. The Balaban J connectivity index is 1.76. The highest BCUT2D eigenvalue weighted by Gasteiger charge is 2.23. The smallest absolute Gasteiger partial charge is 0.268 e. The highest BCUT2D eigenvalue weighted by Crippen LogP contribution is 2.32. The molecule has 36 heavy (non-hydrogen) atoms. The van der Waals surface area contributed by atoms with E-state index in [1.807, 2.05) is 0 Å². The van der Waals surface area contributed by atoms with Crippen molar-refractivity contribution < 1.29 is 18.0 Å². The van der Waals surface area contributed by atoms with Gasteiger partial charge in [0.25, 0.3) is 16.1 Å². The number of anilines is 2. The first kappa shape index (κ1) is 25.3. The third kappa shape index (κ3) is 4.94. The van der Waals surface area contributed by atoms with Gasteiger partial charge in [0.2, 0.25) is 5.91 Å². The van der Waals surface area contributed by atoms with Crippen molar-refractivity contribution in [3.63, 3.8) is 0 Å². The van der Waals surface area contributed by atoms with Crippen molar-refractivity contribution in [3.8, 4) is 16.8 Å². The Morgan fingerprint density at radius 2 is 1.83 bits per heavy atom. The SMILES string of the molecule is CC(=O)N(C)c1c2c(=O)cccc-2ccn1-c1ccc(N(N=C=O)NS(=O)(=O)c2ccc(Cl)s2)cc1.